The summed E-state index contributed by atoms with van der Waals surface area (Å²) in [5.41, 5.74) is 1.03. The minimum absolute atomic E-state index is 0.669. The minimum atomic E-state index is -1.30. The van der Waals surface area contributed by atoms with Crippen LogP contribution in [0.25, 0.3) is 0 Å². The second kappa shape index (κ2) is 3.19. The van der Waals surface area contributed by atoms with Gasteiger partial charge in [-0.1, -0.05) is 6.92 Å². The third-order valence-electron chi connectivity index (χ3n) is 1.40. The molecule has 4 heteroatoms. The molecule has 1 rings (SSSR count). The highest BCUT2D eigenvalue weighted by molar-refractivity contribution is 7.20. The first-order valence-electron chi connectivity index (χ1n) is 3.18. The van der Waals surface area contributed by atoms with Crippen LogP contribution in [0.15, 0.2) is 11.4 Å². The second-order valence-electron chi connectivity index (χ2n) is 2.04. The van der Waals surface area contributed by atoms with E-state index in [4.69, 9.17) is 10.0 Å². The molecule has 0 aliphatic rings. The molecular weight excluding hydrogens is 147 g/mol. The molecule has 0 aliphatic heterocycles. The van der Waals surface area contributed by atoms with E-state index in [1.165, 1.54) is 11.3 Å². The van der Waals surface area contributed by atoms with Crippen molar-refractivity contribution in [1.82, 2.24) is 0 Å². The van der Waals surface area contributed by atoms with Gasteiger partial charge in [0.1, 0.15) is 0 Å². The Morgan fingerprint density at radius 3 is 2.70 bits per heavy atom. The van der Waals surface area contributed by atoms with Gasteiger partial charge in [-0.15, -0.1) is 0 Å². The lowest BCUT2D eigenvalue weighted by Gasteiger charge is -1.96. The smallest absolute Gasteiger partial charge is 0.423 e. The largest absolute Gasteiger partial charge is 0.499 e. The predicted octanol–water partition coefficient (Wildman–Crippen LogP) is -0.00970. The molecule has 2 N–H and O–H groups in total. The highest BCUT2D eigenvalue weighted by Crippen LogP contribution is 2.04. The van der Waals surface area contributed by atoms with E-state index in [9.17, 15) is 0 Å². The summed E-state index contributed by atoms with van der Waals surface area (Å²) in [4.78, 5) is 0. The van der Waals surface area contributed by atoms with E-state index in [0.29, 0.717) is 4.78 Å². The zero-order valence-electron chi connectivity index (χ0n) is 5.74. The Hall–Kier alpha value is -0.315. The number of hydrogen-bond donors (Lipinski definition) is 2. The van der Waals surface area contributed by atoms with Crippen molar-refractivity contribution in [2.75, 3.05) is 0 Å². The molecule has 0 aromatic carbocycles. The topological polar surface area (TPSA) is 40.5 Å². The molecule has 0 radical (unpaired) electrons. The zero-order chi connectivity index (χ0) is 7.56. The van der Waals surface area contributed by atoms with Crippen molar-refractivity contribution in [2.45, 2.75) is 13.3 Å². The fraction of sp³-hybridized carbons (Fsp3) is 0.333. The maximum absolute atomic E-state index is 8.79. The van der Waals surface area contributed by atoms with E-state index in [1.54, 1.807) is 0 Å². The molecule has 1 heterocycles. The summed E-state index contributed by atoms with van der Waals surface area (Å²) in [6.07, 6.45) is 0.858. The second-order valence-corrected chi connectivity index (χ2v) is 2.99. The van der Waals surface area contributed by atoms with E-state index in [-0.39, 0.29) is 0 Å². The molecule has 0 bridgehead atoms. The molecule has 54 valence electrons. The van der Waals surface area contributed by atoms with E-state index in [0.717, 1.165) is 12.0 Å². The van der Waals surface area contributed by atoms with Crippen molar-refractivity contribution in [2.24, 2.45) is 0 Å². The van der Waals surface area contributed by atoms with Crippen molar-refractivity contribution in [1.29, 1.82) is 0 Å². The average molecular weight is 156 g/mol. The van der Waals surface area contributed by atoms with Crippen LogP contribution < -0.4 is 4.78 Å². The average Bonchev–Trinajstić information content (AvgIpc) is 2.33. The predicted molar refractivity (Wildman–Crippen MR) is 43.5 cm³/mol. The first-order chi connectivity index (χ1) is 4.75. The van der Waals surface area contributed by atoms with Crippen molar-refractivity contribution < 1.29 is 10.0 Å². The van der Waals surface area contributed by atoms with Crippen molar-refractivity contribution in [3.8, 4) is 0 Å². The van der Waals surface area contributed by atoms with Crippen LogP contribution in [-0.2, 0) is 6.42 Å². The number of hydrogen-bond acceptors (Lipinski definition) is 3. The third kappa shape index (κ3) is 1.40. The summed E-state index contributed by atoms with van der Waals surface area (Å²) < 4.78 is 0.669. The van der Waals surface area contributed by atoms with Gasteiger partial charge < -0.3 is 10.0 Å². The summed E-state index contributed by atoms with van der Waals surface area (Å²) in [6, 6.07) is 1.92. The van der Waals surface area contributed by atoms with Crippen LogP contribution in [0.5, 0.6) is 0 Å². The molecule has 0 amide bonds. The SMILES string of the molecule is CCc1ccsc1B(O)O. The lowest BCUT2D eigenvalue weighted by atomic mass is 9.85. The van der Waals surface area contributed by atoms with Crippen LogP contribution >= 0.6 is 11.3 Å². The number of aryl methyl sites for hydroxylation is 1. The van der Waals surface area contributed by atoms with Gasteiger partial charge in [0.15, 0.2) is 0 Å². The fourth-order valence-corrected chi connectivity index (χ4v) is 1.73. The molecule has 0 saturated heterocycles. The lowest BCUT2D eigenvalue weighted by molar-refractivity contribution is 0.426. The van der Waals surface area contributed by atoms with Gasteiger partial charge in [0.2, 0.25) is 0 Å². The molecule has 0 fully saturated rings. The van der Waals surface area contributed by atoms with Crippen LogP contribution in [0.1, 0.15) is 12.5 Å². The normalized spacial score (nSPS) is 9.90. The molecule has 1 aromatic heterocycles. The van der Waals surface area contributed by atoms with Gasteiger partial charge in [0.25, 0.3) is 0 Å². The maximum atomic E-state index is 8.79. The monoisotopic (exact) mass is 156 g/mol. The Morgan fingerprint density at radius 2 is 2.30 bits per heavy atom. The van der Waals surface area contributed by atoms with Gasteiger partial charge >= 0.3 is 7.12 Å². The first kappa shape index (κ1) is 7.79. The molecule has 0 unspecified atom stereocenters. The van der Waals surface area contributed by atoms with Crippen LogP contribution in [0.3, 0.4) is 0 Å². The molecule has 2 nitrogen and oxygen atoms in total. The summed E-state index contributed by atoms with van der Waals surface area (Å²) in [6.45, 7) is 1.99. The van der Waals surface area contributed by atoms with Crippen molar-refractivity contribution >= 4 is 23.2 Å². The molecule has 1 aromatic rings. The van der Waals surface area contributed by atoms with E-state index in [2.05, 4.69) is 0 Å². The summed E-state index contributed by atoms with van der Waals surface area (Å²) in [5.74, 6) is 0. The third-order valence-corrected chi connectivity index (χ3v) is 2.40. The van der Waals surface area contributed by atoms with Gasteiger partial charge in [0, 0.05) is 4.78 Å². The van der Waals surface area contributed by atoms with E-state index in [1.807, 2.05) is 18.4 Å². The zero-order valence-corrected chi connectivity index (χ0v) is 6.56. The standard InChI is InChI=1S/C6H9BO2S/c1-2-5-3-4-10-6(5)7(8)9/h3-4,8-9H,2H2,1H3. The Morgan fingerprint density at radius 1 is 1.60 bits per heavy atom. The Balaban J connectivity index is 2.90. The minimum Gasteiger partial charge on any atom is -0.423 e. The van der Waals surface area contributed by atoms with Crippen LogP contribution in [0, 0.1) is 0 Å². The lowest BCUT2D eigenvalue weighted by Crippen LogP contribution is -2.29. The summed E-state index contributed by atoms with van der Waals surface area (Å²) in [5, 5.41) is 19.4. The molecule has 0 aliphatic carbocycles. The van der Waals surface area contributed by atoms with Crippen molar-refractivity contribution in [3.63, 3.8) is 0 Å². The summed E-state index contributed by atoms with van der Waals surface area (Å²) >= 11 is 1.38. The Kier molecular flexibility index (Phi) is 2.48. The Labute approximate surface area is 64.3 Å². The van der Waals surface area contributed by atoms with Crippen molar-refractivity contribution in [3.05, 3.63) is 17.0 Å². The Bertz CT molecular complexity index is 209. The van der Waals surface area contributed by atoms with Gasteiger partial charge in [-0.25, -0.2) is 0 Å². The molecule has 10 heavy (non-hydrogen) atoms. The van der Waals surface area contributed by atoms with Gasteiger partial charge in [0.05, 0.1) is 0 Å². The van der Waals surface area contributed by atoms with E-state index < -0.39 is 7.12 Å². The van der Waals surface area contributed by atoms with Gasteiger partial charge in [-0.3, -0.25) is 0 Å². The molecule has 0 atom stereocenters. The number of rotatable bonds is 2. The van der Waals surface area contributed by atoms with Crippen LogP contribution in [-0.4, -0.2) is 17.2 Å². The van der Waals surface area contributed by atoms with Gasteiger partial charge in [-0.05, 0) is 23.4 Å². The molecule has 0 saturated carbocycles. The van der Waals surface area contributed by atoms with Gasteiger partial charge in [-0.2, -0.15) is 11.3 Å². The fourth-order valence-electron chi connectivity index (χ4n) is 0.866. The maximum Gasteiger partial charge on any atom is 0.499 e. The number of thiophene rings is 1. The first-order valence-corrected chi connectivity index (χ1v) is 4.06. The van der Waals surface area contributed by atoms with E-state index >= 15 is 0 Å². The quantitative estimate of drug-likeness (QED) is 0.591. The van der Waals surface area contributed by atoms with Crippen LogP contribution in [0.4, 0.5) is 0 Å². The highest BCUT2D eigenvalue weighted by atomic mass is 32.1. The van der Waals surface area contributed by atoms with Crippen LogP contribution in [0.2, 0.25) is 0 Å². The molecule has 0 spiro atoms. The highest BCUT2D eigenvalue weighted by Gasteiger charge is 2.15. The molecular formula is C6H9BO2S. The summed E-state index contributed by atoms with van der Waals surface area (Å²) in [7, 11) is -1.30.